The van der Waals surface area contributed by atoms with Crippen LogP contribution in [0.15, 0.2) is 42.5 Å². The monoisotopic (exact) mass is 289 g/mol. The van der Waals surface area contributed by atoms with Crippen LogP contribution in [0.4, 0.5) is 4.39 Å². The third kappa shape index (κ3) is 3.73. The molecule has 2 N–H and O–H groups in total. The molecule has 2 atom stereocenters. The standard InChI is InChI=1S/C17H20FNO2/c1-11(13-5-4-6-15(9-13)21-3)19-12(2)16-8-7-14(18)10-17(16)20/h4-12,19-20H,1-3H3. The molecule has 0 heterocycles. The van der Waals surface area contributed by atoms with Gasteiger partial charge in [0.25, 0.3) is 0 Å². The van der Waals surface area contributed by atoms with E-state index in [2.05, 4.69) is 5.32 Å². The van der Waals surface area contributed by atoms with Gasteiger partial charge in [-0.3, -0.25) is 0 Å². The van der Waals surface area contributed by atoms with Gasteiger partial charge >= 0.3 is 0 Å². The van der Waals surface area contributed by atoms with Crippen LogP contribution in [0, 0.1) is 5.82 Å². The topological polar surface area (TPSA) is 41.5 Å². The molecule has 0 bridgehead atoms. The van der Waals surface area contributed by atoms with Crippen molar-refractivity contribution < 1.29 is 14.2 Å². The van der Waals surface area contributed by atoms with E-state index in [1.807, 2.05) is 38.1 Å². The van der Waals surface area contributed by atoms with Gasteiger partial charge < -0.3 is 15.2 Å². The summed E-state index contributed by atoms with van der Waals surface area (Å²) in [6.45, 7) is 3.97. The lowest BCUT2D eigenvalue weighted by atomic mass is 10.0. The summed E-state index contributed by atoms with van der Waals surface area (Å²) in [5.41, 5.74) is 1.76. The van der Waals surface area contributed by atoms with Crippen LogP contribution >= 0.6 is 0 Å². The van der Waals surface area contributed by atoms with Gasteiger partial charge in [-0.15, -0.1) is 0 Å². The Bertz CT molecular complexity index is 615. The Kier molecular flexibility index (Phi) is 4.81. The average Bonchev–Trinajstić information content (AvgIpc) is 2.47. The van der Waals surface area contributed by atoms with Crippen LogP contribution in [-0.4, -0.2) is 12.2 Å². The zero-order valence-electron chi connectivity index (χ0n) is 12.4. The van der Waals surface area contributed by atoms with E-state index in [-0.39, 0.29) is 17.8 Å². The molecular formula is C17H20FNO2. The van der Waals surface area contributed by atoms with E-state index in [4.69, 9.17) is 4.74 Å². The van der Waals surface area contributed by atoms with Gasteiger partial charge in [-0.2, -0.15) is 0 Å². The van der Waals surface area contributed by atoms with Gasteiger partial charge in [0.2, 0.25) is 0 Å². The van der Waals surface area contributed by atoms with Crippen LogP contribution in [0.3, 0.4) is 0 Å². The summed E-state index contributed by atoms with van der Waals surface area (Å²) in [5.74, 6) is 0.329. The minimum absolute atomic E-state index is 0.0344. The van der Waals surface area contributed by atoms with Gasteiger partial charge in [-0.05, 0) is 37.6 Å². The first-order chi connectivity index (χ1) is 10.0. The molecule has 0 radical (unpaired) electrons. The third-order valence-electron chi connectivity index (χ3n) is 3.55. The number of rotatable bonds is 5. The molecule has 3 nitrogen and oxygen atoms in total. The van der Waals surface area contributed by atoms with E-state index in [9.17, 15) is 9.50 Å². The van der Waals surface area contributed by atoms with Crippen LogP contribution in [0.2, 0.25) is 0 Å². The van der Waals surface area contributed by atoms with Crippen LogP contribution in [0.1, 0.15) is 37.1 Å². The smallest absolute Gasteiger partial charge is 0.126 e. The van der Waals surface area contributed by atoms with Gasteiger partial charge in [-0.1, -0.05) is 18.2 Å². The summed E-state index contributed by atoms with van der Waals surface area (Å²) >= 11 is 0. The fraction of sp³-hybridized carbons (Fsp3) is 0.294. The predicted octanol–water partition coefficient (Wildman–Crippen LogP) is 3.95. The summed E-state index contributed by atoms with van der Waals surface area (Å²) in [7, 11) is 1.64. The zero-order chi connectivity index (χ0) is 15.4. The van der Waals surface area contributed by atoms with Crippen molar-refractivity contribution in [2.75, 3.05) is 7.11 Å². The molecule has 2 aromatic rings. The van der Waals surface area contributed by atoms with E-state index in [1.165, 1.54) is 6.07 Å². The Morgan fingerprint density at radius 1 is 1.10 bits per heavy atom. The number of phenolic OH excluding ortho intramolecular Hbond substituents is 1. The maximum atomic E-state index is 13.0. The first-order valence-electron chi connectivity index (χ1n) is 6.89. The quantitative estimate of drug-likeness (QED) is 0.875. The molecule has 0 amide bonds. The molecule has 2 rings (SSSR count). The molecule has 0 aliphatic carbocycles. The highest BCUT2D eigenvalue weighted by Crippen LogP contribution is 2.27. The van der Waals surface area contributed by atoms with Gasteiger partial charge in [0, 0.05) is 23.7 Å². The number of hydrogen-bond acceptors (Lipinski definition) is 3. The SMILES string of the molecule is COc1cccc(C(C)NC(C)c2ccc(F)cc2O)c1. The summed E-state index contributed by atoms with van der Waals surface area (Å²) in [6.07, 6.45) is 0. The van der Waals surface area contributed by atoms with Crippen molar-refractivity contribution in [3.8, 4) is 11.5 Å². The molecule has 4 heteroatoms. The fourth-order valence-corrected chi connectivity index (χ4v) is 2.35. The highest BCUT2D eigenvalue weighted by Gasteiger charge is 2.15. The number of halogens is 1. The molecule has 0 fully saturated rings. The first-order valence-corrected chi connectivity index (χ1v) is 6.89. The summed E-state index contributed by atoms with van der Waals surface area (Å²) in [6, 6.07) is 11.9. The van der Waals surface area contributed by atoms with Gasteiger partial charge in [-0.25, -0.2) is 4.39 Å². The Labute approximate surface area is 124 Å². The van der Waals surface area contributed by atoms with Crippen molar-refractivity contribution >= 4 is 0 Å². The van der Waals surface area contributed by atoms with Crippen molar-refractivity contribution in [3.63, 3.8) is 0 Å². The van der Waals surface area contributed by atoms with E-state index in [0.717, 1.165) is 17.4 Å². The molecule has 0 saturated heterocycles. The molecule has 2 aromatic carbocycles. The number of hydrogen-bond donors (Lipinski definition) is 2. The second kappa shape index (κ2) is 6.59. The molecule has 0 aromatic heterocycles. The first kappa shape index (κ1) is 15.3. The Morgan fingerprint density at radius 2 is 1.86 bits per heavy atom. The van der Waals surface area contributed by atoms with Crippen LogP contribution in [-0.2, 0) is 0 Å². The number of aromatic hydroxyl groups is 1. The molecule has 0 spiro atoms. The predicted molar refractivity (Wildman–Crippen MR) is 81.0 cm³/mol. The summed E-state index contributed by atoms with van der Waals surface area (Å²) < 4.78 is 18.2. The molecule has 112 valence electrons. The number of phenols is 1. The second-order valence-electron chi connectivity index (χ2n) is 5.09. The minimum Gasteiger partial charge on any atom is -0.508 e. The lowest BCUT2D eigenvalue weighted by Crippen LogP contribution is -2.22. The second-order valence-corrected chi connectivity index (χ2v) is 5.09. The Hall–Kier alpha value is -2.07. The van der Waals surface area contributed by atoms with Gasteiger partial charge in [0.1, 0.15) is 17.3 Å². The highest BCUT2D eigenvalue weighted by atomic mass is 19.1. The number of ether oxygens (including phenoxy) is 1. The third-order valence-corrected chi connectivity index (χ3v) is 3.55. The van der Waals surface area contributed by atoms with Crippen LogP contribution < -0.4 is 10.1 Å². The van der Waals surface area contributed by atoms with Gasteiger partial charge in [0.05, 0.1) is 7.11 Å². The molecule has 0 aliphatic heterocycles. The molecule has 21 heavy (non-hydrogen) atoms. The lowest BCUT2D eigenvalue weighted by molar-refractivity contribution is 0.411. The normalized spacial score (nSPS) is 13.7. The Morgan fingerprint density at radius 3 is 2.52 bits per heavy atom. The fourth-order valence-electron chi connectivity index (χ4n) is 2.35. The highest BCUT2D eigenvalue weighted by molar-refractivity contribution is 5.35. The molecule has 0 saturated carbocycles. The maximum Gasteiger partial charge on any atom is 0.126 e. The van der Waals surface area contributed by atoms with E-state index < -0.39 is 5.82 Å². The van der Waals surface area contributed by atoms with Crippen molar-refractivity contribution in [1.29, 1.82) is 0 Å². The van der Waals surface area contributed by atoms with Crippen molar-refractivity contribution in [1.82, 2.24) is 5.32 Å². The van der Waals surface area contributed by atoms with Gasteiger partial charge in [0.15, 0.2) is 0 Å². The van der Waals surface area contributed by atoms with E-state index in [1.54, 1.807) is 13.2 Å². The van der Waals surface area contributed by atoms with E-state index >= 15 is 0 Å². The average molecular weight is 289 g/mol. The Balaban J connectivity index is 2.12. The zero-order valence-corrected chi connectivity index (χ0v) is 12.4. The molecular weight excluding hydrogens is 269 g/mol. The number of methoxy groups -OCH3 is 1. The molecule has 0 aliphatic rings. The van der Waals surface area contributed by atoms with Crippen LogP contribution in [0.25, 0.3) is 0 Å². The van der Waals surface area contributed by atoms with Crippen molar-refractivity contribution in [2.45, 2.75) is 25.9 Å². The summed E-state index contributed by atoms with van der Waals surface area (Å²) in [5, 5.41) is 13.2. The minimum atomic E-state index is -0.440. The number of nitrogens with one attached hydrogen (secondary N) is 1. The maximum absolute atomic E-state index is 13.0. The van der Waals surface area contributed by atoms with Crippen LogP contribution in [0.5, 0.6) is 11.5 Å². The van der Waals surface area contributed by atoms with E-state index in [0.29, 0.717) is 5.56 Å². The lowest BCUT2D eigenvalue weighted by Gasteiger charge is -2.21. The van der Waals surface area contributed by atoms with Crippen molar-refractivity contribution in [2.24, 2.45) is 0 Å². The van der Waals surface area contributed by atoms with Crippen molar-refractivity contribution in [3.05, 3.63) is 59.4 Å². The largest absolute Gasteiger partial charge is 0.508 e. The molecule has 2 unspecified atom stereocenters. The summed E-state index contributed by atoms with van der Waals surface area (Å²) in [4.78, 5) is 0. The number of benzene rings is 2.